The molecule has 136 valence electrons. The van der Waals surface area contributed by atoms with Crippen LogP contribution in [-0.4, -0.2) is 36.2 Å². The molecule has 26 heavy (non-hydrogen) atoms. The second-order valence-corrected chi connectivity index (χ2v) is 7.19. The molecule has 2 rings (SSSR count). The first-order valence-electron chi connectivity index (χ1n) is 8.94. The molecule has 0 heterocycles. The standard InChI is InChI=1S/C23H27NOSe/c1-3-11-21(22(25)12-4-2)23(26)24(17-19-13-7-5-8-14-19)18-20-15-9-6-10-16-20/h3-10,12-16,21-22,25H,1,11,17-18H2,2H3/b12-4+/t21-,22+/m0/s1. The third kappa shape index (κ3) is 6.10. The van der Waals surface area contributed by atoms with Crippen molar-refractivity contribution in [3.05, 3.63) is 96.6 Å². The molecule has 2 atom stereocenters. The van der Waals surface area contributed by atoms with E-state index in [0.717, 1.165) is 17.6 Å². The molecule has 0 saturated carbocycles. The Labute approximate surface area is 165 Å². The molecule has 2 nitrogen and oxygen atoms in total. The van der Waals surface area contributed by atoms with Crippen LogP contribution in [0, 0.1) is 5.92 Å². The zero-order valence-corrected chi connectivity index (χ0v) is 17.0. The number of rotatable bonds is 10. The number of hydrogen-bond acceptors (Lipinski definition) is 2. The van der Waals surface area contributed by atoms with Gasteiger partial charge in [0.2, 0.25) is 0 Å². The molecule has 0 aliphatic heterocycles. The molecule has 1 N–H and O–H groups in total. The van der Waals surface area contributed by atoms with Crippen LogP contribution in [0.1, 0.15) is 24.5 Å². The van der Waals surface area contributed by atoms with E-state index in [-0.39, 0.29) is 5.92 Å². The maximum absolute atomic E-state index is 10.6. The number of aliphatic hydroxyl groups is 1. The number of benzene rings is 2. The summed E-state index contributed by atoms with van der Waals surface area (Å²) in [5, 5.41) is 10.6. The Kier molecular flexibility index (Phi) is 8.56. The van der Waals surface area contributed by atoms with Gasteiger partial charge < -0.3 is 0 Å². The van der Waals surface area contributed by atoms with Crippen molar-refractivity contribution >= 4 is 20.1 Å². The second-order valence-electron chi connectivity index (χ2n) is 6.31. The van der Waals surface area contributed by atoms with E-state index >= 15 is 0 Å². The molecule has 0 aliphatic carbocycles. The zero-order chi connectivity index (χ0) is 18.8. The molecule has 0 radical (unpaired) electrons. The van der Waals surface area contributed by atoms with Crippen molar-refractivity contribution in [3.8, 4) is 0 Å². The predicted octanol–water partition coefficient (Wildman–Crippen LogP) is 4.12. The molecule has 2 aromatic rings. The van der Waals surface area contributed by atoms with Crippen LogP contribution in [0.2, 0.25) is 0 Å². The van der Waals surface area contributed by atoms with Crippen molar-refractivity contribution in [2.24, 2.45) is 5.92 Å². The summed E-state index contributed by atoms with van der Waals surface area (Å²) in [6.07, 6.45) is 5.79. The average molecular weight is 412 g/mol. The Hall–Kier alpha value is -1.93. The van der Waals surface area contributed by atoms with Crippen molar-refractivity contribution in [1.29, 1.82) is 0 Å². The monoisotopic (exact) mass is 413 g/mol. The summed E-state index contributed by atoms with van der Waals surface area (Å²) in [5.74, 6) is -0.0314. The third-order valence-electron chi connectivity index (χ3n) is 4.28. The van der Waals surface area contributed by atoms with Crippen LogP contribution in [0.5, 0.6) is 0 Å². The summed E-state index contributed by atoms with van der Waals surface area (Å²) in [4.78, 5) is 2.31. The van der Waals surface area contributed by atoms with E-state index in [2.05, 4.69) is 75.6 Å². The minimum atomic E-state index is -0.539. The Bertz CT molecular complexity index is 670. The predicted molar refractivity (Wildman–Crippen MR) is 112 cm³/mol. The van der Waals surface area contributed by atoms with E-state index in [9.17, 15) is 5.11 Å². The fourth-order valence-corrected chi connectivity index (χ4v) is 3.72. The van der Waals surface area contributed by atoms with Gasteiger partial charge in [0.25, 0.3) is 0 Å². The molecule has 2 aromatic carbocycles. The van der Waals surface area contributed by atoms with Crippen LogP contribution in [0.3, 0.4) is 0 Å². The van der Waals surface area contributed by atoms with Crippen molar-refractivity contribution in [1.82, 2.24) is 4.90 Å². The maximum atomic E-state index is 10.6. The first-order valence-corrected chi connectivity index (χ1v) is 9.79. The first-order chi connectivity index (χ1) is 12.7. The van der Waals surface area contributed by atoms with Gasteiger partial charge in [-0.1, -0.05) is 0 Å². The number of hydrogen-bond donors (Lipinski definition) is 1. The fourth-order valence-electron chi connectivity index (χ4n) is 2.95. The van der Waals surface area contributed by atoms with Gasteiger partial charge in [-0.3, -0.25) is 0 Å². The topological polar surface area (TPSA) is 23.5 Å². The Morgan fingerprint density at radius 1 is 1.04 bits per heavy atom. The van der Waals surface area contributed by atoms with E-state index in [1.165, 1.54) is 11.1 Å². The number of allylic oxidation sites excluding steroid dienone is 2. The van der Waals surface area contributed by atoms with Gasteiger partial charge in [0.05, 0.1) is 0 Å². The van der Waals surface area contributed by atoms with Gasteiger partial charge in [-0.05, 0) is 0 Å². The summed E-state index contributed by atoms with van der Waals surface area (Å²) in [6, 6.07) is 20.8. The van der Waals surface area contributed by atoms with Crippen molar-refractivity contribution in [3.63, 3.8) is 0 Å². The van der Waals surface area contributed by atoms with E-state index in [4.69, 9.17) is 0 Å². The van der Waals surface area contributed by atoms with Crippen LogP contribution < -0.4 is 0 Å². The summed E-state index contributed by atoms with van der Waals surface area (Å²) in [6.45, 7) is 7.37. The molecule has 0 saturated heterocycles. The quantitative estimate of drug-likeness (QED) is 0.469. The van der Waals surface area contributed by atoms with E-state index in [1.54, 1.807) is 0 Å². The van der Waals surface area contributed by atoms with Gasteiger partial charge >= 0.3 is 165 Å². The minimum absolute atomic E-state index is 0.0314. The van der Waals surface area contributed by atoms with Crippen LogP contribution in [-0.2, 0) is 13.1 Å². The van der Waals surface area contributed by atoms with Crippen LogP contribution in [0.4, 0.5) is 0 Å². The fraction of sp³-hybridized carbons (Fsp3) is 0.261. The molecule has 0 unspecified atom stereocenters. The summed E-state index contributed by atoms with van der Waals surface area (Å²) >= 11 is 3.24. The molecule has 0 aromatic heterocycles. The second kappa shape index (κ2) is 10.9. The molecular formula is C23H27NOSe. The molecular weight excluding hydrogens is 385 g/mol. The van der Waals surface area contributed by atoms with Gasteiger partial charge in [0.1, 0.15) is 0 Å². The SMILES string of the molecule is C=CC[C@H](C(=[Se])N(Cc1ccccc1)Cc1ccccc1)[C@H](O)/C=C/C. The third-order valence-corrected chi connectivity index (χ3v) is 5.46. The van der Waals surface area contributed by atoms with E-state index in [0.29, 0.717) is 6.42 Å². The molecule has 0 bridgehead atoms. The number of aliphatic hydroxyl groups excluding tert-OH is 1. The zero-order valence-electron chi connectivity index (χ0n) is 15.3. The normalized spacial score (nSPS) is 13.3. The van der Waals surface area contributed by atoms with Gasteiger partial charge in [0.15, 0.2) is 0 Å². The summed E-state index contributed by atoms with van der Waals surface area (Å²) in [7, 11) is 0. The molecule has 0 spiro atoms. The van der Waals surface area contributed by atoms with Crippen molar-refractivity contribution in [2.75, 3.05) is 0 Å². The molecule has 0 fully saturated rings. The Morgan fingerprint density at radius 3 is 1.96 bits per heavy atom. The van der Waals surface area contributed by atoms with Gasteiger partial charge in [0, 0.05) is 0 Å². The first kappa shape index (κ1) is 20.4. The van der Waals surface area contributed by atoms with Gasteiger partial charge in [-0.2, -0.15) is 0 Å². The molecule has 3 heteroatoms. The molecule has 0 aliphatic rings. The van der Waals surface area contributed by atoms with Crippen LogP contribution in [0.15, 0.2) is 85.5 Å². The van der Waals surface area contributed by atoms with Gasteiger partial charge in [-0.15, -0.1) is 0 Å². The average Bonchev–Trinajstić information content (AvgIpc) is 2.67. The molecule has 0 amide bonds. The Balaban J connectivity index is 2.27. The van der Waals surface area contributed by atoms with Gasteiger partial charge in [-0.25, -0.2) is 0 Å². The van der Waals surface area contributed by atoms with E-state index in [1.807, 2.05) is 37.3 Å². The van der Waals surface area contributed by atoms with Crippen molar-refractivity contribution in [2.45, 2.75) is 32.5 Å². The summed E-state index contributed by atoms with van der Waals surface area (Å²) < 4.78 is 1.06. The number of nitrogens with zero attached hydrogens (tertiary/aromatic N) is 1. The van der Waals surface area contributed by atoms with Crippen LogP contribution >= 0.6 is 0 Å². The van der Waals surface area contributed by atoms with Crippen LogP contribution in [0.25, 0.3) is 0 Å². The van der Waals surface area contributed by atoms with Crippen molar-refractivity contribution < 1.29 is 5.11 Å². The Morgan fingerprint density at radius 2 is 1.54 bits per heavy atom. The van der Waals surface area contributed by atoms with E-state index < -0.39 is 6.10 Å². The summed E-state index contributed by atoms with van der Waals surface area (Å²) in [5.41, 5.74) is 2.49.